The first-order valence-corrected chi connectivity index (χ1v) is 11.7. The van der Waals surface area contributed by atoms with E-state index in [1.807, 2.05) is 12.1 Å². The van der Waals surface area contributed by atoms with E-state index in [0.29, 0.717) is 60.9 Å². The molecule has 0 spiro atoms. The average Bonchev–Trinajstić information content (AvgIpc) is 3.06. The predicted octanol–water partition coefficient (Wildman–Crippen LogP) is 2.47. The summed E-state index contributed by atoms with van der Waals surface area (Å²) in [6, 6.07) is 7.17. The second kappa shape index (κ2) is 12.0. The molecule has 3 rings (SSSR count). The van der Waals surface area contributed by atoms with Gasteiger partial charge < -0.3 is 19.1 Å². The van der Waals surface area contributed by atoms with Crippen molar-refractivity contribution in [1.82, 2.24) is 9.80 Å². The molecule has 0 atom stereocenters. The van der Waals surface area contributed by atoms with Gasteiger partial charge in [0.2, 0.25) is 0 Å². The molecule has 2 saturated heterocycles. The minimum atomic E-state index is -0.276. The zero-order valence-electron chi connectivity index (χ0n) is 17.9. The Kier molecular flexibility index (Phi) is 9.07. The largest absolute Gasteiger partial charge is 0.484 e. The molecule has 32 heavy (non-hydrogen) atoms. The number of thiocarbonyl (C=S) groups is 1. The molecule has 8 nitrogen and oxygen atoms in total. The summed E-state index contributed by atoms with van der Waals surface area (Å²) in [6.07, 6.45) is 2.51. The summed E-state index contributed by atoms with van der Waals surface area (Å²) >= 11 is 6.56. The lowest BCUT2D eigenvalue weighted by Gasteiger charge is -2.26. The molecule has 2 amide bonds. The van der Waals surface area contributed by atoms with Crippen molar-refractivity contribution in [1.29, 1.82) is 0 Å². The lowest BCUT2D eigenvalue weighted by atomic mass is 10.2. The minimum Gasteiger partial charge on any atom is -0.484 e. The highest BCUT2D eigenvalue weighted by molar-refractivity contribution is 8.26. The number of thioether (sulfide) groups is 1. The number of morpholine rings is 1. The van der Waals surface area contributed by atoms with E-state index in [4.69, 9.17) is 26.4 Å². The van der Waals surface area contributed by atoms with E-state index in [-0.39, 0.29) is 30.8 Å². The van der Waals surface area contributed by atoms with Crippen molar-refractivity contribution in [3.8, 4) is 5.75 Å². The van der Waals surface area contributed by atoms with E-state index in [1.165, 1.54) is 16.7 Å². The van der Waals surface area contributed by atoms with Crippen molar-refractivity contribution in [3.63, 3.8) is 0 Å². The van der Waals surface area contributed by atoms with Crippen LogP contribution >= 0.6 is 24.0 Å². The molecular formula is C22H26N2O6S2. The first-order valence-electron chi connectivity index (χ1n) is 10.5. The highest BCUT2D eigenvalue weighted by Gasteiger charge is 2.31. The number of ether oxygens (including phenoxy) is 3. The lowest BCUT2D eigenvalue weighted by Crippen LogP contribution is -2.42. The molecule has 10 heteroatoms. The minimum absolute atomic E-state index is 0.0240. The fourth-order valence-corrected chi connectivity index (χ4v) is 4.48. The van der Waals surface area contributed by atoms with Crippen LogP contribution in [0, 0.1) is 0 Å². The molecule has 0 bridgehead atoms. The van der Waals surface area contributed by atoms with Crippen LogP contribution < -0.4 is 4.74 Å². The van der Waals surface area contributed by atoms with Crippen LogP contribution in [-0.4, -0.2) is 78.0 Å². The summed E-state index contributed by atoms with van der Waals surface area (Å²) in [5.74, 6) is 0.0713. The van der Waals surface area contributed by atoms with Crippen LogP contribution in [-0.2, 0) is 23.9 Å². The molecule has 0 aromatic heterocycles. The maximum absolute atomic E-state index is 12.7. The van der Waals surface area contributed by atoms with E-state index in [2.05, 4.69) is 0 Å². The second-order valence-electron chi connectivity index (χ2n) is 7.09. The first kappa shape index (κ1) is 24.2. The van der Waals surface area contributed by atoms with Gasteiger partial charge in [0, 0.05) is 26.1 Å². The third kappa shape index (κ3) is 6.78. The number of hydrogen-bond acceptors (Lipinski definition) is 8. The molecule has 0 aliphatic carbocycles. The molecule has 2 aliphatic rings. The summed E-state index contributed by atoms with van der Waals surface area (Å²) < 4.78 is 16.2. The topological polar surface area (TPSA) is 85.4 Å². The van der Waals surface area contributed by atoms with Crippen molar-refractivity contribution in [2.75, 3.05) is 46.1 Å². The Bertz CT molecular complexity index is 881. The van der Waals surface area contributed by atoms with E-state index in [1.54, 1.807) is 30.0 Å². The normalized spacial score (nSPS) is 17.7. The Hall–Kier alpha value is -2.43. The van der Waals surface area contributed by atoms with E-state index >= 15 is 0 Å². The van der Waals surface area contributed by atoms with Crippen molar-refractivity contribution < 1.29 is 28.6 Å². The average molecular weight is 479 g/mol. The number of carbonyl (C=O) groups is 3. The number of amides is 2. The third-order valence-corrected chi connectivity index (χ3v) is 6.22. The third-order valence-electron chi connectivity index (χ3n) is 4.85. The Morgan fingerprint density at radius 3 is 2.62 bits per heavy atom. The molecule has 0 unspecified atom stereocenters. The Morgan fingerprint density at radius 1 is 1.22 bits per heavy atom. The lowest BCUT2D eigenvalue weighted by molar-refractivity contribution is -0.143. The number of benzene rings is 1. The first-order chi connectivity index (χ1) is 15.5. The summed E-state index contributed by atoms with van der Waals surface area (Å²) in [7, 11) is 0. The van der Waals surface area contributed by atoms with Gasteiger partial charge >= 0.3 is 5.97 Å². The molecule has 172 valence electrons. The van der Waals surface area contributed by atoms with Gasteiger partial charge in [-0.2, -0.15) is 0 Å². The van der Waals surface area contributed by atoms with Gasteiger partial charge in [-0.15, -0.1) is 0 Å². The van der Waals surface area contributed by atoms with Crippen molar-refractivity contribution in [2.24, 2.45) is 0 Å². The van der Waals surface area contributed by atoms with Gasteiger partial charge in [-0.05, 0) is 37.1 Å². The van der Waals surface area contributed by atoms with Gasteiger partial charge in [0.15, 0.2) is 6.61 Å². The quantitative estimate of drug-likeness (QED) is 0.304. The van der Waals surface area contributed by atoms with Crippen LogP contribution in [0.3, 0.4) is 0 Å². The van der Waals surface area contributed by atoms with Crippen LogP contribution in [0.25, 0.3) is 6.08 Å². The molecule has 2 aliphatic heterocycles. The Labute approximate surface area is 196 Å². The highest BCUT2D eigenvalue weighted by Crippen LogP contribution is 2.33. The molecule has 1 aromatic rings. The molecular weight excluding hydrogens is 452 g/mol. The fourth-order valence-electron chi connectivity index (χ4n) is 3.17. The van der Waals surface area contributed by atoms with Gasteiger partial charge in [-0.1, -0.05) is 36.1 Å². The molecule has 2 fully saturated rings. The van der Waals surface area contributed by atoms with Crippen LogP contribution in [0.5, 0.6) is 5.75 Å². The van der Waals surface area contributed by atoms with Crippen molar-refractivity contribution in [3.05, 3.63) is 34.7 Å². The zero-order chi connectivity index (χ0) is 22.9. The van der Waals surface area contributed by atoms with Crippen LogP contribution in [0.4, 0.5) is 0 Å². The monoisotopic (exact) mass is 478 g/mol. The predicted molar refractivity (Wildman–Crippen MR) is 125 cm³/mol. The van der Waals surface area contributed by atoms with Crippen molar-refractivity contribution in [2.45, 2.75) is 19.8 Å². The highest BCUT2D eigenvalue weighted by atomic mass is 32.2. The maximum atomic E-state index is 12.7. The van der Waals surface area contributed by atoms with Gasteiger partial charge in [0.05, 0.1) is 24.7 Å². The Morgan fingerprint density at radius 2 is 1.94 bits per heavy atom. The molecule has 1 aromatic carbocycles. The molecule has 2 heterocycles. The number of hydrogen-bond donors (Lipinski definition) is 0. The van der Waals surface area contributed by atoms with Crippen LogP contribution in [0.1, 0.15) is 25.3 Å². The maximum Gasteiger partial charge on any atom is 0.305 e. The standard InChI is InChI=1S/C22H26N2O6S2/c1-2-29-20(26)4-3-9-24-21(27)18(32-22(24)31)14-16-5-7-17(8-6-16)30-15-19(25)23-10-12-28-13-11-23/h5-8,14H,2-4,9-13,15H2,1H3/b18-14+. The molecule has 0 radical (unpaired) electrons. The number of rotatable bonds is 9. The molecule has 0 saturated carbocycles. The Balaban J connectivity index is 1.50. The summed E-state index contributed by atoms with van der Waals surface area (Å²) in [5.41, 5.74) is 0.823. The summed E-state index contributed by atoms with van der Waals surface area (Å²) in [6.45, 7) is 4.74. The molecule has 0 N–H and O–H groups in total. The smallest absolute Gasteiger partial charge is 0.305 e. The van der Waals surface area contributed by atoms with E-state index in [9.17, 15) is 14.4 Å². The van der Waals surface area contributed by atoms with Gasteiger partial charge in [-0.25, -0.2) is 0 Å². The SMILES string of the molecule is CCOC(=O)CCCN1C(=O)/C(=C\c2ccc(OCC(=O)N3CCOCC3)cc2)SC1=S. The van der Waals surface area contributed by atoms with Crippen LogP contribution in [0.2, 0.25) is 0 Å². The fraction of sp³-hybridized carbons (Fsp3) is 0.455. The zero-order valence-corrected chi connectivity index (χ0v) is 19.5. The second-order valence-corrected chi connectivity index (χ2v) is 8.77. The summed E-state index contributed by atoms with van der Waals surface area (Å²) in [5, 5.41) is 0. The van der Waals surface area contributed by atoms with E-state index in [0.717, 1.165) is 5.56 Å². The summed E-state index contributed by atoms with van der Waals surface area (Å²) in [4.78, 5) is 40.1. The number of nitrogens with zero attached hydrogens (tertiary/aromatic N) is 2. The number of esters is 1. The van der Waals surface area contributed by atoms with Gasteiger partial charge in [-0.3, -0.25) is 19.3 Å². The van der Waals surface area contributed by atoms with Crippen LogP contribution in [0.15, 0.2) is 29.2 Å². The number of carbonyl (C=O) groups excluding carboxylic acids is 3. The van der Waals surface area contributed by atoms with Gasteiger partial charge in [0.25, 0.3) is 11.8 Å². The van der Waals surface area contributed by atoms with E-state index < -0.39 is 0 Å². The van der Waals surface area contributed by atoms with Gasteiger partial charge in [0.1, 0.15) is 10.1 Å². The van der Waals surface area contributed by atoms with Crippen molar-refractivity contribution >= 4 is 52.2 Å².